The van der Waals surface area contributed by atoms with Crippen molar-refractivity contribution in [1.29, 1.82) is 0 Å². The molecule has 0 aliphatic carbocycles. The van der Waals surface area contributed by atoms with Gasteiger partial charge in [-0.3, -0.25) is 4.79 Å². The van der Waals surface area contributed by atoms with E-state index in [2.05, 4.69) is 17.1 Å². The lowest BCUT2D eigenvalue weighted by molar-refractivity contribution is 0.0735. The molecule has 1 amide bonds. The van der Waals surface area contributed by atoms with Gasteiger partial charge in [0.1, 0.15) is 10.3 Å². The van der Waals surface area contributed by atoms with Gasteiger partial charge in [-0.25, -0.2) is 4.98 Å². The molecule has 1 aliphatic heterocycles. The molecule has 108 valence electrons. The highest BCUT2D eigenvalue weighted by Crippen LogP contribution is 2.33. The van der Waals surface area contributed by atoms with Crippen molar-refractivity contribution >= 4 is 29.1 Å². The minimum Gasteiger partial charge on any atom is -0.332 e. The summed E-state index contributed by atoms with van der Waals surface area (Å²) in [5, 5.41) is 0.475. The largest absolute Gasteiger partial charge is 0.332 e. The number of amides is 1. The van der Waals surface area contributed by atoms with Gasteiger partial charge in [-0.1, -0.05) is 53.5 Å². The Morgan fingerprint density at radius 2 is 1.81 bits per heavy atom. The third-order valence-corrected chi connectivity index (χ3v) is 4.10. The Morgan fingerprint density at radius 3 is 2.48 bits per heavy atom. The molecule has 1 aromatic carbocycles. The van der Waals surface area contributed by atoms with E-state index in [9.17, 15) is 4.79 Å². The number of hydrogen-bond donors (Lipinski definition) is 0. The highest BCUT2D eigenvalue weighted by Gasteiger charge is 2.30. The van der Waals surface area contributed by atoms with Crippen LogP contribution in [-0.2, 0) is 0 Å². The van der Waals surface area contributed by atoms with Gasteiger partial charge >= 0.3 is 0 Å². The standard InChI is InChI=1S/C16H14Cl2N2O/c17-14-9-12(10-15(18)19-14)16(21)20-8-4-7-13(20)11-5-2-1-3-6-11/h1-3,5-6,9-10,13H,4,7-8H2. The summed E-state index contributed by atoms with van der Waals surface area (Å²) in [4.78, 5) is 18.5. The molecule has 0 saturated carbocycles. The van der Waals surface area contributed by atoms with Crippen LogP contribution in [0.2, 0.25) is 10.3 Å². The molecule has 21 heavy (non-hydrogen) atoms. The molecule has 0 bridgehead atoms. The summed E-state index contributed by atoms with van der Waals surface area (Å²) < 4.78 is 0. The van der Waals surface area contributed by atoms with Crippen molar-refractivity contribution in [2.24, 2.45) is 0 Å². The lowest BCUT2D eigenvalue weighted by Gasteiger charge is -2.25. The maximum atomic E-state index is 12.7. The maximum Gasteiger partial charge on any atom is 0.254 e. The predicted molar refractivity (Wildman–Crippen MR) is 83.7 cm³/mol. The van der Waals surface area contributed by atoms with Crippen molar-refractivity contribution in [3.05, 3.63) is 63.9 Å². The van der Waals surface area contributed by atoms with Crippen LogP contribution in [0.1, 0.15) is 34.8 Å². The Bertz CT molecular complexity index is 640. The molecule has 0 N–H and O–H groups in total. The summed E-state index contributed by atoms with van der Waals surface area (Å²) in [6.07, 6.45) is 1.97. The first-order valence-corrected chi connectivity index (χ1v) is 7.60. The molecule has 2 heterocycles. The molecule has 5 heteroatoms. The molecule has 2 aromatic rings. The van der Waals surface area contributed by atoms with E-state index >= 15 is 0 Å². The molecule has 1 unspecified atom stereocenters. The van der Waals surface area contributed by atoms with Crippen LogP contribution in [0, 0.1) is 0 Å². The first kappa shape index (κ1) is 14.4. The number of carbonyl (C=O) groups excluding carboxylic acids is 1. The molecule has 1 aromatic heterocycles. The van der Waals surface area contributed by atoms with Crippen LogP contribution in [0.5, 0.6) is 0 Å². The summed E-state index contributed by atoms with van der Waals surface area (Å²) in [5.74, 6) is -0.0486. The summed E-state index contributed by atoms with van der Waals surface area (Å²) in [5.41, 5.74) is 1.65. The lowest BCUT2D eigenvalue weighted by atomic mass is 10.0. The second-order valence-corrected chi connectivity index (χ2v) is 5.84. The van der Waals surface area contributed by atoms with Crippen molar-refractivity contribution < 1.29 is 4.79 Å². The summed E-state index contributed by atoms with van der Waals surface area (Å²) >= 11 is 11.8. The van der Waals surface area contributed by atoms with E-state index in [1.807, 2.05) is 23.1 Å². The zero-order valence-corrected chi connectivity index (χ0v) is 12.8. The molecule has 3 rings (SSSR count). The predicted octanol–water partition coefficient (Wildman–Crippen LogP) is 4.37. The Kier molecular flexibility index (Phi) is 4.13. The summed E-state index contributed by atoms with van der Waals surface area (Å²) in [6, 6.07) is 13.3. The fourth-order valence-electron chi connectivity index (χ4n) is 2.79. The molecule has 0 spiro atoms. The molecular formula is C16H14Cl2N2O. The van der Waals surface area contributed by atoms with Crippen LogP contribution in [0.15, 0.2) is 42.5 Å². The van der Waals surface area contributed by atoms with Crippen molar-refractivity contribution in [1.82, 2.24) is 9.88 Å². The van der Waals surface area contributed by atoms with E-state index in [-0.39, 0.29) is 22.3 Å². The van der Waals surface area contributed by atoms with Gasteiger partial charge in [-0.05, 0) is 30.5 Å². The van der Waals surface area contributed by atoms with E-state index in [1.165, 1.54) is 0 Å². The normalized spacial score (nSPS) is 18.0. The van der Waals surface area contributed by atoms with Crippen LogP contribution in [0.25, 0.3) is 0 Å². The Labute approximate surface area is 133 Å². The fraction of sp³-hybridized carbons (Fsp3) is 0.250. The quantitative estimate of drug-likeness (QED) is 0.770. The van der Waals surface area contributed by atoms with E-state index in [1.54, 1.807) is 12.1 Å². The smallest absolute Gasteiger partial charge is 0.254 e. The molecule has 3 nitrogen and oxygen atoms in total. The SMILES string of the molecule is O=C(c1cc(Cl)nc(Cl)c1)N1CCCC1c1ccccc1. The van der Waals surface area contributed by atoms with Gasteiger partial charge in [0.15, 0.2) is 0 Å². The first-order chi connectivity index (χ1) is 10.1. The molecule has 1 saturated heterocycles. The number of pyridine rings is 1. The Morgan fingerprint density at radius 1 is 1.14 bits per heavy atom. The third kappa shape index (κ3) is 3.04. The lowest BCUT2D eigenvalue weighted by Crippen LogP contribution is -2.30. The van der Waals surface area contributed by atoms with Crippen molar-refractivity contribution in [2.45, 2.75) is 18.9 Å². The number of aromatic nitrogens is 1. The Balaban J connectivity index is 1.90. The van der Waals surface area contributed by atoms with Crippen LogP contribution in [-0.4, -0.2) is 22.3 Å². The van der Waals surface area contributed by atoms with E-state index in [0.29, 0.717) is 5.56 Å². The van der Waals surface area contributed by atoms with Gasteiger partial charge < -0.3 is 4.90 Å². The molecule has 1 fully saturated rings. The highest BCUT2D eigenvalue weighted by atomic mass is 35.5. The van der Waals surface area contributed by atoms with Crippen LogP contribution in [0.3, 0.4) is 0 Å². The van der Waals surface area contributed by atoms with Gasteiger partial charge in [0, 0.05) is 12.1 Å². The van der Waals surface area contributed by atoms with E-state index < -0.39 is 0 Å². The zero-order valence-electron chi connectivity index (χ0n) is 11.3. The minimum absolute atomic E-state index is 0.0486. The van der Waals surface area contributed by atoms with Crippen LogP contribution >= 0.6 is 23.2 Å². The second kappa shape index (κ2) is 6.04. The van der Waals surface area contributed by atoms with Gasteiger partial charge in [-0.15, -0.1) is 0 Å². The minimum atomic E-state index is -0.0486. The van der Waals surface area contributed by atoms with E-state index in [0.717, 1.165) is 24.9 Å². The monoisotopic (exact) mass is 320 g/mol. The van der Waals surface area contributed by atoms with Gasteiger partial charge in [0.25, 0.3) is 5.91 Å². The van der Waals surface area contributed by atoms with Gasteiger partial charge in [-0.2, -0.15) is 0 Å². The number of benzene rings is 1. The molecule has 1 aliphatic rings. The number of likely N-dealkylation sites (tertiary alicyclic amines) is 1. The number of rotatable bonds is 2. The first-order valence-electron chi connectivity index (χ1n) is 6.84. The maximum absolute atomic E-state index is 12.7. The van der Waals surface area contributed by atoms with E-state index in [4.69, 9.17) is 23.2 Å². The van der Waals surface area contributed by atoms with Crippen molar-refractivity contribution in [3.63, 3.8) is 0 Å². The molecule has 0 radical (unpaired) electrons. The van der Waals surface area contributed by atoms with Gasteiger partial charge in [0.2, 0.25) is 0 Å². The summed E-state index contributed by atoms with van der Waals surface area (Å²) in [6.45, 7) is 0.746. The number of nitrogens with zero attached hydrogens (tertiary/aromatic N) is 2. The second-order valence-electron chi connectivity index (χ2n) is 5.07. The molecule has 1 atom stereocenters. The molecular weight excluding hydrogens is 307 g/mol. The number of halogens is 2. The zero-order chi connectivity index (χ0) is 14.8. The van der Waals surface area contributed by atoms with Crippen LogP contribution in [0.4, 0.5) is 0 Å². The van der Waals surface area contributed by atoms with Crippen molar-refractivity contribution in [3.8, 4) is 0 Å². The summed E-state index contributed by atoms with van der Waals surface area (Å²) in [7, 11) is 0. The average Bonchev–Trinajstić information content (AvgIpc) is 2.95. The van der Waals surface area contributed by atoms with Crippen LogP contribution < -0.4 is 0 Å². The van der Waals surface area contributed by atoms with Gasteiger partial charge in [0.05, 0.1) is 6.04 Å². The third-order valence-electron chi connectivity index (χ3n) is 3.71. The number of carbonyl (C=O) groups is 1. The fourth-order valence-corrected chi connectivity index (χ4v) is 3.25. The Hall–Kier alpha value is -1.58. The average molecular weight is 321 g/mol. The topological polar surface area (TPSA) is 33.2 Å². The van der Waals surface area contributed by atoms with Crippen molar-refractivity contribution in [2.75, 3.05) is 6.54 Å². The number of hydrogen-bond acceptors (Lipinski definition) is 2. The highest BCUT2D eigenvalue weighted by molar-refractivity contribution is 6.33.